The summed E-state index contributed by atoms with van der Waals surface area (Å²) < 4.78 is 1.96. The van der Waals surface area contributed by atoms with Gasteiger partial charge in [-0.2, -0.15) is 0 Å². The van der Waals surface area contributed by atoms with Gasteiger partial charge < -0.3 is 10.3 Å². The molecule has 1 aliphatic carbocycles. The summed E-state index contributed by atoms with van der Waals surface area (Å²) in [5.74, 6) is 0. The van der Waals surface area contributed by atoms with Crippen molar-refractivity contribution in [1.29, 1.82) is 0 Å². The second-order valence-corrected chi connectivity index (χ2v) is 4.17. The van der Waals surface area contributed by atoms with E-state index in [1.807, 2.05) is 16.7 Å². The third-order valence-corrected chi connectivity index (χ3v) is 3.30. The number of hydrogen-bond donors (Lipinski definition) is 1. The number of nitrogens with zero attached hydrogens (tertiary/aromatic N) is 1. The molecule has 0 saturated heterocycles. The number of rotatable bonds is 3. The van der Waals surface area contributed by atoms with Crippen molar-refractivity contribution < 1.29 is 0 Å². The Kier molecular flexibility index (Phi) is 2.91. The van der Waals surface area contributed by atoms with Crippen LogP contribution in [-0.2, 0) is 13.0 Å². The van der Waals surface area contributed by atoms with Gasteiger partial charge in [0.1, 0.15) is 0 Å². The number of aryl methyl sites for hydroxylation is 1. The zero-order valence-corrected chi connectivity index (χ0v) is 9.20. The Balaban J connectivity index is 2.50. The summed E-state index contributed by atoms with van der Waals surface area (Å²) in [7, 11) is 0. The minimum Gasteiger partial charge on any atom is -0.326 e. The van der Waals surface area contributed by atoms with Gasteiger partial charge in [0.2, 0.25) is 0 Å². The molecule has 1 aromatic heterocycles. The summed E-state index contributed by atoms with van der Waals surface area (Å²) in [6, 6.07) is 4.34. The van der Waals surface area contributed by atoms with Crippen LogP contribution in [-0.4, -0.2) is 4.57 Å². The highest BCUT2D eigenvalue weighted by molar-refractivity contribution is 5.17. The van der Waals surface area contributed by atoms with E-state index in [4.69, 9.17) is 5.73 Å². The zero-order valence-electron chi connectivity index (χ0n) is 9.20. The van der Waals surface area contributed by atoms with Crippen LogP contribution < -0.4 is 11.3 Å². The van der Waals surface area contributed by atoms with Crippen molar-refractivity contribution in [3.8, 4) is 0 Å². The largest absolute Gasteiger partial charge is 0.326 e. The average Bonchev–Trinajstić information content (AvgIpc) is 2.18. The first-order valence-corrected chi connectivity index (χ1v) is 5.71. The monoisotopic (exact) mass is 206 g/mol. The molecular formula is C12H18N2O. The smallest absolute Gasteiger partial charge is 0.255 e. The molecule has 0 spiro atoms. The Bertz CT molecular complexity index is 405. The molecule has 1 aliphatic rings. The van der Waals surface area contributed by atoms with Crippen LogP contribution in [0.4, 0.5) is 0 Å². The molecule has 0 aromatic carbocycles. The normalized spacial score (nSPS) is 16.4. The molecule has 0 unspecified atom stereocenters. The zero-order chi connectivity index (χ0) is 10.8. The molecule has 82 valence electrons. The minimum atomic E-state index is 0.126. The summed E-state index contributed by atoms with van der Waals surface area (Å²) >= 11 is 0. The van der Waals surface area contributed by atoms with Gasteiger partial charge in [-0.05, 0) is 31.7 Å². The lowest BCUT2D eigenvalue weighted by atomic mass is 9.92. The molecule has 1 heterocycles. The molecule has 2 rings (SSSR count). The van der Waals surface area contributed by atoms with E-state index < -0.39 is 0 Å². The number of hydrogen-bond acceptors (Lipinski definition) is 2. The molecule has 0 radical (unpaired) electrons. The molecule has 1 fully saturated rings. The van der Waals surface area contributed by atoms with Crippen LogP contribution in [0.1, 0.15) is 43.5 Å². The Hall–Kier alpha value is -1.09. The molecule has 0 atom stereocenters. The van der Waals surface area contributed by atoms with Crippen molar-refractivity contribution in [3.05, 3.63) is 33.7 Å². The van der Waals surface area contributed by atoms with E-state index >= 15 is 0 Å². The van der Waals surface area contributed by atoms with E-state index in [0.717, 1.165) is 30.5 Å². The Morgan fingerprint density at radius 1 is 1.47 bits per heavy atom. The van der Waals surface area contributed by atoms with Crippen LogP contribution in [0.5, 0.6) is 0 Å². The molecule has 0 amide bonds. The van der Waals surface area contributed by atoms with Gasteiger partial charge in [0.05, 0.1) is 0 Å². The van der Waals surface area contributed by atoms with E-state index in [-0.39, 0.29) is 5.56 Å². The summed E-state index contributed by atoms with van der Waals surface area (Å²) in [4.78, 5) is 12.1. The van der Waals surface area contributed by atoms with Crippen molar-refractivity contribution in [3.63, 3.8) is 0 Å². The highest BCUT2D eigenvalue weighted by atomic mass is 16.1. The van der Waals surface area contributed by atoms with Crippen LogP contribution in [0.25, 0.3) is 0 Å². The average molecular weight is 206 g/mol. The maximum atomic E-state index is 12.1. The fraction of sp³-hybridized carbons (Fsp3) is 0.583. The predicted octanol–water partition coefficient (Wildman–Crippen LogP) is 1.59. The van der Waals surface area contributed by atoms with E-state index in [9.17, 15) is 4.79 Å². The van der Waals surface area contributed by atoms with Crippen LogP contribution in [0, 0.1) is 0 Å². The molecule has 0 aliphatic heterocycles. The highest BCUT2D eigenvalue weighted by Gasteiger charge is 2.22. The third-order valence-electron chi connectivity index (χ3n) is 3.30. The summed E-state index contributed by atoms with van der Waals surface area (Å²) in [5.41, 5.74) is 7.56. The van der Waals surface area contributed by atoms with Gasteiger partial charge in [-0.25, -0.2) is 0 Å². The molecule has 1 aromatic rings. The third kappa shape index (κ3) is 1.72. The Morgan fingerprint density at radius 3 is 2.67 bits per heavy atom. The quantitative estimate of drug-likeness (QED) is 0.816. The molecule has 3 heteroatoms. The first-order valence-electron chi connectivity index (χ1n) is 5.71. The molecule has 0 bridgehead atoms. The lowest BCUT2D eigenvalue weighted by Gasteiger charge is -2.30. The first-order chi connectivity index (χ1) is 7.27. The number of aromatic nitrogens is 1. The molecule has 3 nitrogen and oxygen atoms in total. The summed E-state index contributed by atoms with van der Waals surface area (Å²) in [5, 5.41) is 0. The number of nitrogens with two attached hydrogens (primary N) is 1. The van der Waals surface area contributed by atoms with Crippen LogP contribution in [0.3, 0.4) is 0 Å². The van der Waals surface area contributed by atoms with Gasteiger partial charge in [-0.3, -0.25) is 4.79 Å². The van der Waals surface area contributed by atoms with Crippen LogP contribution >= 0.6 is 0 Å². The van der Waals surface area contributed by atoms with Gasteiger partial charge in [0.15, 0.2) is 0 Å². The SMILES string of the molecule is CCc1ccc(CN)c(=O)n1C1CCC1. The lowest BCUT2D eigenvalue weighted by Crippen LogP contribution is -2.33. The molecule has 1 saturated carbocycles. The van der Waals surface area contributed by atoms with Gasteiger partial charge in [0, 0.05) is 23.8 Å². The minimum absolute atomic E-state index is 0.126. The van der Waals surface area contributed by atoms with Crippen LogP contribution in [0.15, 0.2) is 16.9 Å². The highest BCUT2D eigenvalue weighted by Crippen LogP contribution is 2.31. The van der Waals surface area contributed by atoms with Gasteiger partial charge >= 0.3 is 0 Å². The molecule has 15 heavy (non-hydrogen) atoms. The standard InChI is InChI=1S/C12H18N2O/c1-2-10-7-6-9(8-13)12(15)14(10)11-4-3-5-11/h6-7,11H,2-5,8,13H2,1H3. The Labute approximate surface area is 89.9 Å². The van der Waals surface area contributed by atoms with Crippen molar-refractivity contribution in [2.45, 2.75) is 45.2 Å². The lowest BCUT2D eigenvalue weighted by molar-refractivity contribution is 0.299. The van der Waals surface area contributed by atoms with Crippen molar-refractivity contribution >= 4 is 0 Å². The second-order valence-electron chi connectivity index (χ2n) is 4.17. The van der Waals surface area contributed by atoms with Gasteiger partial charge in [-0.1, -0.05) is 13.0 Å². The summed E-state index contributed by atoms with van der Waals surface area (Å²) in [6.07, 6.45) is 4.44. The number of pyridine rings is 1. The van der Waals surface area contributed by atoms with Gasteiger partial charge in [0.25, 0.3) is 5.56 Å². The van der Waals surface area contributed by atoms with E-state index in [0.29, 0.717) is 12.6 Å². The second kappa shape index (κ2) is 4.19. The first kappa shape index (κ1) is 10.4. The van der Waals surface area contributed by atoms with Crippen molar-refractivity contribution in [1.82, 2.24) is 4.57 Å². The van der Waals surface area contributed by atoms with Crippen molar-refractivity contribution in [2.75, 3.05) is 0 Å². The summed E-state index contributed by atoms with van der Waals surface area (Å²) in [6.45, 7) is 2.43. The van der Waals surface area contributed by atoms with Gasteiger partial charge in [-0.15, -0.1) is 0 Å². The predicted molar refractivity (Wildman–Crippen MR) is 60.9 cm³/mol. The maximum Gasteiger partial charge on any atom is 0.255 e. The van der Waals surface area contributed by atoms with Crippen LogP contribution in [0.2, 0.25) is 0 Å². The fourth-order valence-corrected chi connectivity index (χ4v) is 2.12. The van der Waals surface area contributed by atoms with E-state index in [1.54, 1.807) is 0 Å². The maximum absolute atomic E-state index is 12.1. The van der Waals surface area contributed by atoms with Crippen molar-refractivity contribution in [2.24, 2.45) is 5.73 Å². The fourth-order valence-electron chi connectivity index (χ4n) is 2.12. The molecular weight excluding hydrogens is 188 g/mol. The van der Waals surface area contributed by atoms with E-state index in [1.165, 1.54) is 6.42 Å². The molecule has 2 N–H and O–H groups in total. The topological polar surface area (TPSA) is 48.0 Å². The van der Waals surface area contributed by atoms with E-state index in [2.05, 4.69) is 6.92 Å². The Morgan fingerprint density at radius 2 is 2.20 bits per heavy atom.